The van der Waals surface area contributed by atoms with Crippen LogP contribution < -0.4 is 0 Å². The molecule has 2 aromatic heterocycles. The van der Waals surface area contributed by atoms with E-state index in [1.165, 1.54) is 33.7 Å². The van der Waals surface area contributed by atoms with Crippen molar-refractivity contribution in [2.45, 2.75) is 10.3 Å². The molecule has 0 aliphatic heterocycles. The van der Waals surface area contributed by atoms with Crippen molar-refractivity contribution in [2.75, 3.05) is 0 Å². The summed E-state index contributed by atoms with van der Waals surface area (Å²) in [4.78, 5) is 15.9. The minimum Gasteiger partial charge on any atom is -0.210 e. The first kappa shape index (κ1) is 14.4. The van der Waals surface area contributed by atoms with E-state index in [2.05, 4.69) is 19.9 Å². The standard InChI is InChI=1S/C8H2Cl4N4S2/c9-3-1-4(10)14-7(13-3)17-18-8-15-5(11)2-6(12)16-8/h1-2H. The Balaban J connectivity index is 2.11. The Bertz CT molecular complexity index is 491. The third kappa shape index (κ3) is 4.29. The van der Waals surface area contributed by atoms with E-state index in [-0.39, 0.29) is 20.6 Å². The Hall–Kier alpha value is 0.0200. The van der Waals surface area contributed by atoms with Crippen LogP contribution in [0.1, 0.15) is 0 Å². The summed E-state index contributed by atoms with van der Waals surface area (Å²) in [6, 6.07) is 2.90. The van der Waals surface area contributed by atoms with E-state index in [4.69, 9.17) is 46.4 Å². The number of aromatic nitrogens is 4. The summed E-state index contributed by atoms with van der Waals surface area (Å²) in [7, 11) is 2.41. The van der Waals surface area contributed by atoms with Crippen LogP contribution in [0.15, 0.2) is 22.4 Å². The maximum Gasteiger partial charge on any atom is 0.201 e. The van der Waals surface area contributed by atoms with Gasteiger partial charge in [-0.05, 0) is 21.6 Å². The number of rotatable bonds is 3. The lowest BCUT2D eigenvalue weighted by atomic mass is 10.7. The molecule has 0 saturated carbocycles. The summed E-state index contributed by atoms with van der Waals surface area (Å²) >= 11 is 23.0. The van der Waals surface area contributed by atoms with Crippen LogP contribution in [0.4, 0.5) is 0 Å². The van der Waals surface area contributed by atoms with Gasteiger partial charge in [0.2, 0.25) is 10.3 Å². The number of halogens is 4. The maximum absolute atomic E-state index is 5.75. The van der Waals surface area contributed by atoms with Crippen molar-refractivity contribution in [3.8, 4) is 0 Å². The van der Waals surface area contributed by atoms with Crippen LogP contribution in [0.2, 0.25) is 20.6 Å². The summed E-state index contributed by atoms with van der Waals surface area (Å²) in [5.41, 5.74) is 0. The molecule has 0 bridgehead atoms. The average Bonchev–Trinajstić information content (AvgIpc) is 2.23. The van der Waals surface area contributed by atoms with E-state index in [1.807, 2.05) is 0 Å². The van der Waals surface area contributed by atoms with E-state index in [9.17, 15) is 0 Å². The molecule has 0 saturated heterocycles. The fourth-order valence-electron chi connectivity index (χ4n) is 0.890. The minimum absolute atomic E-state index is 0.267. The lowest BCUT2D eigenvalue weighted by Gasteiger charge is -2.00. The molecule has 0 radical (unpaired) electrons. The topological polar surface area (TPSA) is 51.6 Å². The van der Waals surface area contributed by atoms with Crippen LogP contribution in [0, 0.1) is 0 Å². The molecular formula is C8H2Cl4N4S2. The van der Waals surface area contributed by atoms with Gasteiger partial charge in [0.25, 0.3) is 0 Å². The van der Waals surface area contributed by atoms with Crippen molar-refractivity contribution in [1.29, 1.82) is 0 Å². The second kappa shape index (κ2) is 6.45. The molecule has 0 aromatic carbocycles. The summed E-state index contributed by atoms with van der Waals surface area (Å²) in [5.74, 6) is 0. The molecule has 0 amide bonds. The fourth-order valence-corrected chi connectivity index (χ4v) is 3.52. The Labute approximate surface area is 130 Å². The number of hydrogen-bond acceptors (Lipinski definition) is 6. The van der Waals surface area contributed by atoms with E-state index in [0.29, 0.717) is 10.3 Å². The third-order valence-electron chi connectivity index (χ3n) is 1.48. The predicted octanol–water partition coefficient (Wildman–Crippen LogP) is 4.68. The molecule has 0 atom stereocenters. The van der Waals surface area contributed by atoms with E-state index in [1.54, 1.807) is 0 Å². The molecule has 4 nitrogen and oxygen atoms in total. The second-order valence-corrected chi connectivity index (χ2v) is 6.37. The lowest BCUT2D eigenvalue weighted by Crippen LogP contribution is -1.88. The van der Waals surface area contributed by atoms with Gasteiger partial charge in [-0.2, -0.15) is 0 Å². The van der Waals surface area contributed by atoms with Gasteiger partial charge in [0.05, 0.1) is 0 Å². The highest BCUT2D eigenvalue weighted by molar-refractivity contribution is 8.76. The largest absolute Gasteiger partial charge is 0.210 e. The first-order chi connectivity index (χ1) is 8.52. The molecule has 94 valence electrons. The molecule has 2 heterocycles. The highest BCUT2D eigenvalue weighted by atomic mass is 35.5. The van der Waals surface area contributed by atoms with Gasteiger partial charge in [-0.1, -0.05) is 46.4 Å². The predicted molar refractivity (Wildman–Crippen MR) is 75.8 cm³/mol. The third-order valence-corrected chi connectivity index (χ3v) is 4.14. The zero-order valence-electron chi connectivity index (χ0n) is 8.27. The average molecular weight is 360 g/mol. The first-order valence-corrected chi connectivity index (χ1v) is 7.94. The van der Waals surface area contributed by atoms with Gasteiger partial charge < -0.3 is 0 Å². The molecule has 2 aromatic rings. The number of nitrogens with zero attached hydrogens (tertiary/aromatic N) is 4. The summed E-state index contributed by atoms with van der Waals surface area (Å²) < 4.78 is 0. The summed E-state index contributed by atoms with van der Waals surface area (Å²) in [5, 5.41) is 1.87. The quantitative estimate of drug-likeness (QED) is 0.450. The van der Waals surface area contributed by atoms with Gasteiger partial charge in [-0.3, -0.25) is 0 Å². The molecular weight excluding hydrogens is 358 g/mol. The molecule has 0 spiro atoms. The van der Waals surface area contributed by atoms with Crippen molar-refractivity contribution in [3.05, 3.63) is 32.7 Å². The zero-order chi connectivity index (χ0) is 13.1. The van der Waals surface area contributed by atoms with Gasteiger partial charge >= 0.3 is 0 Å². The molecule has 0 unspecified atom stereocenters. The molecule has 0 aliphatic carbocycles. The van der Waals surface area contributed by atoms with Crippen molar-refractivity contribution in [3.63, 3.8) is 0 Å². The van der Waals surface area contributed by atoms with Gasteiger partial charge in [0.1, 0.15) is 20.6 Å². The SMILES string of the molecule is Clc1cc(Cl)nc(SSc2nc(Cl)cc(Cl)n2)n1. The Morgan fingerprint density at radius 1 is 0.611 bits per heavy atom. The van der Waals surface area contributed by atoms with Crippen molar-refractivity contribution < 1.29 is 0 Å². The molecule has 18 heavy (non-hydrogen) atoms. The van der Waals surface area contributed by atoms with E-state index >= 15 is 0 Å². The van der Waals surface area contributed by atoms with Crippen molar-refractivity contribution in [2.24, 2.45) is 0 Å². The molecule has 10 heteroatoms. The van der Waals surface area contributed by atoms with Crippen LogP contribution in [0.3, 0.4) is 0 Å². The molecule has 0 fully saturated rings. The highest BCUT2D eigenvalue weighted by Gasteiger charge is 2.07. The lowest BCUT2D eigenvalue weighted by molar-refractivity contribution is 0.967. The summed E-state index contributed by atoms with van der Waals surface area (Å²) in [6.45, 7) is 0. The van der Waals surface area contributed by atoms with Gasteiger partial charge in [-0.25, -0.2) is 19.9 Å². The van der Waals surface area contributed by atoms with Crippen LogP contribution in [-0.4, -0.2) is 19.9 Å². The normalized spacial score (nSPS) is 10.7. The Kier molecular flexibility index (Phi) is 5.17. The molecule has 0 N–H and O–H groups in total. The van der Waals surface area contributed by atoms with E-state index in [0.717, 1.165) is 0 Å². The smallest absolute Gasteiger partial charge is 0.201 e. The van der Waals surface area contributed by atoms with Gasteiger partial charge in [-0.15, -0.1) is 0 Å². The van der Waals surface area contributed by atoms with Crippen LogP contribution in [0.25, 0.3) is 0 Å². The molecule has 0 aliphatic rings. The fraction of sp³-hybridized carbons (Fsp3) is 0. The Morgan fingerprint density at radius 3 is 1.17 bits per heavy atom. The molecule has 2 rings (SSSR count). The van der Waals surface area contributed by atoms with Crippen LogP contribution in [0.5, 0.6) is 0 Å². The monoisotopic (exact) mass is 358 g/mol. The minimum atomic E-state index is 0.267. The van der Waals surface area contributed by atoms with Gasteiger partial charge in [0.15, 0.2) is 0 Å². The van der Waals surface area contributed by atoms with Gasteiger partial charge in [0, 0.05) is 12.1 Å². The Morgan fingerprint density at radius 2 is 0.889 bits per heavy atom. The first-order valence-electron chi connectivity index (χ1n) is 4.27. The summed E-state index contributed by atoms with van der Waals surface area (Å²) in [6.07, 6.45) is 0. The van der Waals surface area contributed by atoms with Crippen molar-refractivity contribution >= 4 is 68.0 Å². The van der Waals surface area contributed by atoms with E-state index < -0.39 is 0 Å². The second-order valence-electron chi connectivity index (χ2n) is 2.76. The maximum atomic E-state index is 5.75. The van der Waals surface area contributed by atoms with Crippen LogP contribution >= 0.6 is 68.0 Å². The number of hydrogen-bond donors (Lipinski definition) is 0. The van der Waals surface area contributed by atoms with Crippen molar-refractivity contribution in [1.82, 2.24) is 19.9 Å². The highest BCUT2D eigenvalue weighted by Crippen LogP contribution is 2.35. The van der Waals surface area contributed by atoms with Crippen LogP contribution in [-0.2, 0) is 0 Å². The zero-order valence-corrected chi connectivity index (χ0v) is 12.9.